The number of allylic oxidation sites excluding steroid dienone is 8. The Morgan fingerprint density at radius 3 is 1.35 bits per heavy atom. The summed E-state index contributed by atoms with van der Waals surface area (Å²) in [6.45, 7) is 6.76. The van der Waals surface area contributed by atoms with Gasteiger partial charge in [0.05, 0.1) is 0 Å². The van der Waals surface area contributed by atoms with Crippen molar-refractivity contribution < 1.29 is 34.2 Å². The number of thiocarbonyl (C=S) groups is 2. The molecule has 0 aliphatic heterocycles. The van der Waals surface area contributed by atoms with Crippen LogP contribution >= 0.6 is 24.4 Å². The predicted molar refractivity (Wildman–Crippen MR) is 199 cm³/mol. The van der Waals surface area contributed by atoms with Gasteiger partial charge >= 0.3 is 291 Å². The second kappa shape index (κ2) is 19.6. The first-order valence-electron chi connectivity index (χ1n) is 17.5. The van der Waals surface area contributed by atoms with Gasteiger partial charge < -0.3 is 0 Å². The molecule has 11 heteroatoms. The number of aryl methyl sites for hydroxylation is 2. The van der Waals surface area contributed by atoms with Crippen molar-refractivity contribution in [2.45, 2.75) is 78.1 Å². The van der Waals surface area contributed by atoms with Crippen molar-refractivity contribution in [2.24, 2.45) is 0 Å². The number of nitrogens with one attached hydrogen (secondary N) is 4. The molecule has 0 unspecified atom stereocenters. The monoisotopic (exact) mass is 748 g/mol. The van der Waals surface area contributed by atoms with Crippen molar-refractivity contribution in [3.8, 4) is 0 Å². The average Bonchev–Trinajstić information content (AvgIpc) is 3.82. The van der Waals surface area contributed by atoms with Gasteiger partial charge in [-0.05, 0) is 0 Å². The third-order valence-corrected chi connectivity index (χ3v) is 17.6. The van der Waals surface area contributed by atoms with Crippen LogP contribution in [0, 0.1) is 23.3 Å². The van der Waals surface area contributed by atoms with Crippen LogP contribution in [0.1, 0.15) is 76.3 Å². The van der Waals surface area contributed by atoms with E-state index in [0.29, 0.717) is 80.7 Å². The molecular weight excluding hydrogens is 700 g/mol. The van der Waals surface area contributed by atoms with E-state index in [4.69, 9.17) is 24.4 Å². The molecular formula is C38H48F4N4S2Ti. The van der Waals surface area contributed by atoms with Crippen molar-refractivity contribution in [2.75, 3.05) is 26.2 Å². The molecule has 2 aromatic carbocycles. The van der Waals surface area contributed by atoms with Gasteiger partial charge in [-0.25, -0.2) is 0 Å². The summed E-state index contributed by atoms with van der Waals surface area (Å²) < 4.78 is 67.8. The quantitative estimate of drug-likeness (QED) is 0.0551. The zero-order chi connectivity index (χ0) is 35.2. The van der Waals surface area contributed by atoms with E-state index in [-0.39, 0.29) is 7.74 Å². The molecule has 2 aliphatic rings. The molecule has 264 valence electrons. The van der Waals surface area contributed by atoms with E-state index in [1.165, 1.54) is 24.3 Å². The first kappa shape index (κ1) is 39.0. The van der Waals surface area contributed by atoms with Crippen LogP contribution in [-0.4, -0.2) is 36.4 Å². The van der Waals surface area contributed by atoms with E-state index >= 15 is 17.6 Å². The maximum absolute atomic E-state index is 17.0. The van der Waals surface area contributed by atoms with E-state index < -0.39 is 39.9 Å². The number of hydrogen-bond acceptors (Lipinski definition) is 2. The molecule has 0 aromatic heterocycles. The van der Waals surface area contributed by atoms with Gasteiger partial charge in [0.2, 0.25) is 0 Å². The average molecular weight is 749 g/mol. The van der Waals surface area contributed by atoms with Gasteiger partial charge in [-0.15, -0.1) is 0 Å². The second-order valence-electron chi connectivity index (χ2n) is 12.5. The van der Waals surface area contributed by atoms with E-state index in [0.717, 1.165) is 38.8 Å². The molecule has 2 aromatic rings. The van der Waals surface area contributed by atoms with Crippen molar-refractivity contribution in [3.63, 3.8) is 0 Å². The Bertz CT molecular complexity index is 1490. The van der Waals surface area contributed by atoms with Gasteiger partial charge in [0.1, 0.15) is 0 Å². The molecule has 49 heavy (non-hydrogen) atoms. The Hall–Kier alpha value is -2.79. The third-order valence-electron chi connectivity index (χ3n) is 9.05. The summed E-state index contributed by atoms with van der Waals surface area (Å²) >= 11 is 5.81. The van der Waals surface area contributed by atoms with Crippen molar-refractivity contribution in [3.05, 3.63) is 103 Å². The zero-order valence-corrected chi connectivity index (χ0v) is 31.7. The summed E-state index contributed by atoms with van der Waals surface area (Å²) in [7, 11) is 0. The van der Waals surface area contributed by atoms with Crippen LogP contribution in [0.2, 0.25) is 0 Å². The number of halogens is 4. The topological polar surface area (TPSA) is 48.1 Å². The van der Waals surface area contributed by atoms with Gasteiger partial charge in [-0.3, -0.25) is 0 Å². The van der Waals surface area contributed by atoms with Crippen molar-refractivity contribution >= 4 is 42.4 Å². The Morgan fingerprint density at radius 1 is 0.612 bits per heavy atom. The fourth-order valence-electron chi connectivity index (χ4n) is 6.53. The normalized spacial score (nSPS) is 13.8. The second-order valence-corrected chi connectivity index (χ2v) is 19.2. The van der Waals surface area contributed by atoms with E-state index in [1.807, 2.05) is 36.5 Å². The zero-order valence-electron chi connectivity index (χ0n) is 28.5. The van der Waals surface area contributed by atoms with Crippen molar-refractivity contribution in [1.29, 1.82) is 0 Å². The Balaban J connectivity index is 1.70. The standard InChI is InChI=1S/2C14H19F2N2S.2C5H5.Ti/c2*1-2-3-8-17-14(19)18-9-4-5-11-6-7-12(15)10-13(11)16;2*1-2-4-5-3-1;/h2*6-7H,2-5,8-9H2,1H3,(H2,17,18,19);2*1-3H,4H2;. The van der Waals surface area contributed by atoms with Gasteiger partial charge in [-0.2, -0.15) is 0 Å². The van der Waals surface area contributed by atoms with Crippen LogP contribution in [-0.2, 0) is 29.4 Å². The van der Waals surface area contributed by atoms with Gasteiger partial charge in [0, 0.05) is 0 Å². The Morgan fingerprint density at radius 2 is 1.00 bits per heavy atom. The summed E-state index contributed by atoms with van der Waals surface area (Å²) in [5.41, 5.74) is 0.644. The van der Waals surface area contributed by atoms with Crippen LogP contribution < -0.4 is 29.0 Å². The summed E-state index contributed by atoms with van der Waals surface area (Å²) in [6, 6.07) is 5.46. The molecule has 0 heterocycles. The summed E-state index contributed by atoms with van der Waals surface area (Å²) in [5, 5.41) is 13.7. The number of hydrogen-bond donors (Lipinski definition) is 4. The molecule has 0 spiro atoms. The predicted octanol–water partition coefficient (Wildman–Crippen LogP) is 7.43. The van der Waals surface area contributed by atoms with Gasteiger partial charge in [0.15, 0.2) is 0 Å². The first-order chi connectivity index (χ1) is 23.7. The molecule has 0 bridgehead atoms. The van der Waals surface area contributed by atoms with E-state index in [1.54, 1.807) is 0 Å². The molecule has 2 aliphatic carbocycles. The van der Waals surface area contributed by atoms with Crippen LogP contribution in [0.15, 0.2) is 68.5 Å². The van der Waals surface area contributed by atoms with Crippen LogP contribution in [0.4, 0.5) is 17.6 Å². The van der Waals surface area contributed by atoms with Crippen LogP contribution in [0.5, 0.6) is 0 Å². The Labute approximate surface area is 303 Å². The fraction of sp³-hybridized carbons (Fsp3) is 0.421. The SMILES string of the molecule is CCCCNC(=S)NCCCc1ccc(F)[c]([Ti]([C]2=CC=CC2)([C]2=CC=CC2)[c]2c(F)ccc(CCCNC(=S)NCCCC)c2F)c1F. The molecule has 0 saturated carbocycles. The first-order valence-corrected chi connectivity index (χ1v) is 21.4. The Kier molecular flexibility index (Phi) is 15.6. The molecule has 0 amide bonds. The van der Waals surface area contributed by atoms with Crippen LogP contribution in [0.3, 0.4) is 0 Å². The minimum atomic E-state index is -4.87. The number of rotatable bonds is 18. The minimum absolute atomic E-state index is 0.160. The summed E-state index contributed by atoms with van der Waals surface area (Å²) in [6.07, 6.45) is 17.6. The fourth-order valence-corrected chi connectivity index (χ4v) is 15.3. The molecule has 4 N–H and O–H groups in total. The maximum atomic E-state index is 17.0. The summed E-state index contributed by atoms with van der Waals surface area (Å²) in [4.78, 5) is 0. The van der Waals surface area contributed by atoms with E-state index in [9.17, 15) is 0 Å². The molecule has 0 saturated heterocycles. The molecule has 4 rings (SSSR count). The third kappa shape index (κ3) is 9.72. The summed E-state index contributed by atoms with van der Waals surface area (Å²) in [5.74, 6) is -2.94. The van der Waals surface area contributed by atoms with E-state index in [2.05, 4.69) is 35.1 Å². The molecule has 4 nitrogen and oxygen atoms in total. The van der Waals surface area contributed by atoms with Crippen LogP contribution in [0.25, 0.3) is 0 Å². The number of unbranched alkanes of at least 4 members (excludes halogenated alkanes) is 2. The molecule has 0 atom stereocenters. The van der Waals surface area contributed by atoms with Gasteiger partial charge in [-0.1, -0.05) is 13.8 Å². The van der Waals surface area contributed by atoms with Gasteiger partial charge in [0.25, 0.3) is 0 Å². The van der Waals surface area contributed by atoms with Crippen molar-refractivity contribution in [1.82, 2.24) is 21.3 Å². The molecule has 0 radical (unpaired) electrons. The number of benzene rings is 2. The molecule has 0 fully saturated rings.